The minimum absolute atomic E-state index is 0.183. The van der Waals surface area contributed by atoms with Crippen LogP contribution in [0.1, 0.15) is 43.9 Å². The van der Waals surface area contributed by atoms with Gasteiger partial charge in [-0.1, -0.05) is 0 Å². The summed E-state index contributed by atoms with van der Waals surface area (Å²) in [6, 6.07) is 9.53. The Hall–Kier alpha value is -3.42. The van der Waals surface area contributed by atoms with Crippen LogP contribution in [0.15, 0.2) is 47.4 Å². The molecule has 1 fully saturated rings. The summed E-state index contributed by atoms with van der Waals surface area (Å²) >= 11 is 0. The van der Waals surface area contributed by atoms with Gasteiger partial charge in [0.1, 0.15) is 5.56 Å². The summed E-state index contributed by atoms with van der Waals surface area (Å²) < 4.78 is 6.04. The maximum absolute atomic E-state index is 12.6. The summed E-state index contributed by atoms with van der Waals surface area (Å²) in [5.41, 5.74) is 0.742. The van der Waals surface area contributed by atoms with Gasteiger partial charge < -0.3 is 19.5 Å². The van der Waals surface area contributed by atoms with Crippen molar-refractivity contribution in [3.05, 3.63) is 69.6 Å². The molecule has 0 unspecified atom stereocenters. The molecule has 2 aromatic rings. The van der Waals surface area contributed by atoms with Gasteiger partial charge in [0.05, 0.1) is 12.7 Å². The van der Waals surface area contributed by atoms with Crippen LogP contribution in [0.25, 0.3) is 0 Å². The number of carbonyl (C=O) groups excluding carboxylic acids is 3. The number of hydrogen-bond acceptors (Lipinski definition) is 5. The van der Waals surface area contributed by atoms with Gasteiger partial charge in [-0.2, -0.15) is 0 Å². The predicted molar refractivity (Wildman–Crippen MR) is 110 cm³/mol. The lowest BCUT2D eigenvalue weighted by molar-refractivity contribution is 0.0600. The lowest BCUT2D eigenvalue weighted by atomic mass is 9.96. The van der Waals surface area contributed by atoms with Crippen LogP contribution in [0.4, 0.5) is 0 Å². The zero-order valence-electron chi connectivity index (χ0n) is 17.1. The average Bonchev–Trinajstić information content (AvgIpc) is 2.78. The van der Waals surface area contributed by atoms with Crippen LogP contribution in [-0.2, 0) is 11.8 Å². The molecule has 0 saturated carbocycles. The van der Waals surface area contributed by atoms with Crippen molar-refractivity contribution in [3.63, 3.8) is 0 Å². The first kappa shape index (κ1) is 21.3. The molecule has 158 valence electrons. The van der Waals surface area contributed by atoms with Crippen LogP contribution >= 0.6 is 0 Å². The summed E-state index contributed by atoms with van der Waals surface area (Å²) in [7, 11) is 2.93. The molecule has 1 aromatic heterocycles. The van der Waals surface area contributed by atoms with E-state index < -0.39 is 5.97 Å². The van der Waals surface area contributed by atoms with Gasteiger partial charge >= 0.3 is 5.97 Å². The van der Waals surface area contributed by atoms with E-state index in [1.165, 1.54) is 11.7 Å². The van der Waals surface area contributed by atoms with Crippen molar-refractivity contribution in [2.75, 3.05) is 26.7 Å². The van der Waals surface area contributed by atoms with E-state index in [-0.39, 0.29) is 28.9 Å². The van der Waals surface area contributed by atoms with E-state index in [2.05, 4.69) is 10.1 Å². The zero-order chi connectivity index (χ0) is 21.7. The second kappa shape index (κ2) is 9.39. The highest BCUT2D eigenvalue weighted by Crippen LogP contribution is 2.18. The molecular weight excluding hydrogens is 386 g/mol. The SMILES string of the molecule is COC(=O)c1ccc(C(=O)NCC2CCN(C(=O)c3cccn(C)c3=O)CC2)cc1. The van der Waals surface area contributed by atoms with E-state index in [1.54, 1.807) is 54.5 Å². The molecule has 1 N–H and O–H groups in total. The first-order valence-corrected chi connectivity index (χ1v) is 9.82. The van der Waals surface area contributed by atoms with E-state index in [4.69, 9.17) is 0 Å². The van der Waals surface area contributed by atoms with Crippen LogP contribution < -0.4 is 10.9 Å². The number of nitrogens with zero attached hydrogens (tertiary/aromatic N) is 2. The molecule has 2 amide bonds. The third-order valence-electron chi connectivity index (χ3n) is 5.37. The largest absolute Gasteiger partial charge is 0.465 e. The highest BCUT2D eigenvalue weighted by Gasteiger charge is 2.25. The molecule has 8 heteroatoms. The molecule has 1 aliphatic rings. The number of rotatable bonds is 5. The number of aromatic nitrogens is 1. The molecule has 3 rings (SSSR count). The van der Waals surface area contributed by atoms with Crippen molar-refractivity contribution in [1.82, 2.24) is 14.8 Å². The lowest BCUT2D eigenvalue weighted by Gasteiger charge is -2.32. The van der Waals surface area contributed by atoms with E-state index in [0.717, 1.165) is 12.8 Å². The molecule has 30 heavy (non-hydrogen) atoms. The van der Waals surface area contributed by atoms with Crippen molar-refractivity contribution in [2.45, 2.75) is 12.8 Å². The summed E-state index contributed by atoms with van der Waals surface area (Å²) in [4.78, 5) is 50.3. The van der Waals surface area contributed by atoms with Gasteiger partial charge in [-0.3, -0.25) is 14.4 Å². The quantitative estimate of drug-likeness (QED) is 0.751. The molecule has 0 bridgehead atoms. The fourth-order valence-corrected chi connectivity index (χ4v) is 3.49. The number of carbonyl (C=O) groups is 3. The Labute approximate surface area is 174 Å². The minimum Gasteiger partial charge on any atom is -0.465 e. The maximum atomic E-state index is 12.6. The van der Waals surface area contributed by atoms with Gasteiger partial charge in [0.15, 0.2) is 0 Å². The van der Waals surface area contributed by atoms with Crippen LogP contribution in [-0.4, -0.2) is 54.0 Å². The number of benzene rings is 1. The molecule has 8 nitrogen and oxygen atoms in total. The summed E-state index contributed by atoms with van der Waals surface area (Å²) in [5.74, 6) is -0.648. The Balaban J connectivity index is 1.49. The fourth-order valence-electron chi connectivity index (χ4n) is 3.49. The number of piperidine rings is 1. The van der Waals surface area contributed by atoms with Crippen LogP contribution in [0.2, 0.25) is 0 Å². The highest BCUT2D eigenvalue weighted by molar-refractivity contribution is 5.96. The summed E-state index contributed by atoms with van der Waals surface area (Å²) in [5, 5.41) is 2.91. The molecular formula is C22H25N3O5. The molecule has 1 saturated heterocycles. The second-order valence-electron chi connectivity index (χ2n) is 7.35. The van der Waals surface area contributed by atoms with Crippen LogP contribution in [0.5, 0.6) is 0 Å². The van der Waals surface area contributed by atoms with Crippen molar-refractivity contribution in [1.29, 1.82) is 0 Å². The Morgan fingerprint density at radius 3 is 2.33 bits per heavy atom. The lowest BCUT2D eigenvalue weighted by Crippen LogP contribution is -2.43. The van der Waals surface area contributed by atoms with Crippen LogP contribution in [0.3, 0.4) is 0 Å². The Kier molecular flexibility index (Phi) is 6.66. The zero-order valence-corrected chi connectivity index (χ0v) is 17.1. The van der Waals surface area contributed by atoms with Gasteiger partial charge in [-0.15, -0.1) is 0 Å². The van der Waals surface area contributed by atoms with Gasteiger partial charge in [0.25, 0.3) is 17.4 Å². The van der Waals surface area contributed by atoms with Crippen molar-refractivity contribution in [3.8, 4) is 0 Å². The summed E-state index contributed by atoms with van der Waals surface area (Å²) in [6.07, 6.45) is 3.12. The standard InChI is InChI=1S/C22H25N3O5/c1-24-11-3-4-18(20(24)27)21(28)25-12-9-15(10-13-25)14-23-19(26)16-5-7-17(8-6-16)22(29)30-2/h3-8,11,15H,9-10,12-14H2,1-2H3,(H,23,26). The van der Waals surface area contributed by atoms with Gasteiger partial charge in [-0.05, 0) is 55.2 Å². The minimum atomic E-state index is -0.448. The topological polar surface area (TPSA) is 97.7 Å². The molecule has 0 atom stereocenters. The first-order valence-electron chi connectivity index (χ1n) is 9.82. The Bertz CT molecular complexity index is 989. The monoisotopic (exact) mass is 411 g/mol. The number of aryl methyl sites for hydroxylation is 1. The van der Waals surface area contributed by atoms with E-state index in [0.29, 0.717) is 30.8 Å². The molecule has 1 aliphatic heterocycles. The number of amides is 2. The maximum Gasteiger partial charge on any atom is 0.337 e. The smallest absolute Gasteiger partial charge is 0.337 e. The fraction of sp³-hybridized carbons (Fsp3) is 0.364. The number of hydrogen-bond donors (Lipinski definition) is 1. The van der Waals surface area contributed by atoms with Crippen molar-refractivity contribution < 1.29 is 19.1 Å². The predicted octanol–water partition coefficient (Wildman–Crippen LogP) is 1.45. The molecule has 0 spiro atoms. The number of esters is 1. The van der Waals surface area contributed by atoms with Gasteiger partial charge in [0.2, 0.25) is 0 Å². The number of ether oxygens (including phenoxy) is 1. The highest BCUT2D eigenvalue weighted by atomic mass is 16.5. The van der Waals surface area contributed by atoms with Crippen LogP contribution in [0, 0.1) is 5.92 Å². The summed E-state index contributed by atoms with van der Waals surface area (Å²) in [6.45, 7) is 1.60. The Morgan fingerprint density at radius 2 is 1.70 bits per heavy atom. The number of likely N-dealkylation sites (tertiary alicyclic amines) is 1. The number of pyridine rings is 1. The normalized spacial score (nSPS) is 14.3. The van der Waals surface area contributed by atoms with Gasteiger partial charge in [0, 0.05) is 38.4 Å². The van der Waals surface area contributed by atoms with E-state index in [1.807, 2.05) is 0 Å². The molecule has 1 aromatic carbocycles. The van der Waals surface area contributed by atoms with Crippen molar-refractivity contribution in [2.24, 2.45) is 13.0 Å². The van der Waals surface area contributed by atoms with E-state index in [9.17, 15) is 19.2 Å². The molecule has 2 heterocycles. The number of nitrogens with one attached hydrogen (secondary N) is 1. The third-order valence-corrected chi connectivity index (χ3v) is 5.37. The van der Waals surface area contributed by atoms with Crippen molar-refractivity contribution >= 4 is 17.8 Å². The first-order chi connectivity index (χ1) is 14.4. The van der Waals surface area contributed by atoms with Gasteiger partial charge in [-0.25, -0.2) is 4.79 Å². The third kappa shape index (κ3) is 4.76. The molecule has 0 aliphatic carbocycles. The number of methoxy groups -OCH3 is 1. The Morgan fingerprint density at radius 1 is 1.07 bits per heavy atom. The molecule has 0 radical (unpaired) electrons. The van der Waals surface area contributed by atoms with E-state index >= 15 is 0 Å². The second-order valence-corrected chi connectivity index (χ2v) is 7.35. The average molecular weight is 411 g/mol.